The third kappa shape index (κ3) is 3.13. The van der Waals surface area contributed by atoms with Gasteiger partial charge in [0.15, 0.2) is 0 Å². The predicted octanol–water partition coefficient (Wildman–Crippen LogP) is 2.95. The summed E-state index contributed by atoms with van der Waals surface area (Å²) in [5.74, 6) is 0. The average molecular weight is 286 g/mol. The third-order valence-corrected chi connectivity index (χ3v) is 4.02. The Kier molecular flexibility index (Phi) is 4.33. The van der Waals surface area contributed by atoms with Gasteiger partial charge < -0.3 is 5.32 Å². The number of carbonyl (C=O) groups excluding carboxylic acids is 1. The fraction of sp³-hybridized carbons (Fsp3) is 0.214. The monoisotopic (exact) mass is 286 g/mol. The van der Waals surface area contributed by atoms with Crippen molar-refractivity contribution in [1.82, 2.24) is 10.3 Å². The van der Waals surface area contributed by atoms with Crippen LogP contribution in [-0.4, -0.2) is 11.0 Å². The number of amides is 2. The second-order valence-corrected chi connectivity index (χ2v) is 5.49. The van der Waals surface area contributed by atoms with E-state index in [-0.39, 0.29) is 6.03 Å². The number of aryl methyl sites for hydroxylation is 1. The molecule has 2 aromatic heterocycles. The van der Waals surface area contributed by atoms with E-state index in [1.807, 2.05) is 26.0 Å². The average Bonchev–Trinajstić information content (AvgIpc) is 2.72. The molecule has 0 saturated carbocycles. The van der Waals surface area contributed by atoms with Crippen molar-refractivity contribution in [3.05, 3.63) is 46.1 Å². The van der Waals surface area contributed by atoms with E-state index in [0.29, 0.717) is 17.1 Å². The molecule has 0 saturated heterocycles. The van der Waals surface area contributed by atoms with E-state index in [9.17, 15) is 4.79 Å². The summed E-state index contributed by atoms with van der Waals surface area (Å²) in [6.45, 7) is 4.20. The summed E-state index contributed by atoms with van der Waals surface area (Å²) in [6.07, 6.45) is 3.38. The van der Waals surface area contributed by atoms with Crippen molar-refractivity contribution < 1.29 is 4.79 Å². The molecule has 2 N–H and O–H groups in total. The zero-order valence-electron chi connectivity index (χ0n) is 11.2. The van der Waals surface area contributed by atoms with Gasteiger partial charge in [-0.05, 0) is 31.0 Å². The van der Waals surface area contributed by atoms with Crippen molar-refractivity contribution in [1.29, 1.82) is 5.26 Å². The standard InChI is InChI=1S/C14H14N4OS/c1-9-10(2)20-13(12(9)6-15)18-14(19)17-8-11-4-3-5-16-7-11/h3-5,7H,8H2,1-2H3,(H2,17,18,19). The molecule has 5 nitrogen and oxygen atoms in total. The Morgan fingerprint density at radius 3 is 2.95 bits per heavy atom. The fourth-order valence-electron chi connectivity index (χ4n) is 1.68. The van der Waals surface area contributed by atoms with Gasteiger partial charge in [-0.1, -0.05) is 6.07 Å². The number of carbonyl (C=O) groups is 1. The van der Waals surface area contributed by atoms with Crippen LogP contribution in [-0.2, 0) is 6.54 Å². The highest BCUT2D eigenvalue weighted by Crippen LogP contribution is 2.31. The highest BCUT2D eigenvalue weighted by Gasteiger charge is 2.14. The largest absolute Gasteiger partial charge is 0.334 e. The van der Waals surface area contributed by atoms with Crippen LogP contribution in [0.1, 0.15) is 21.6 Å². The highest BCUT2D eigenvalue weighted by atomic mass is 32.1. The predicted molar refractivity (Wildman–Crippen MR) is 78.6 cm³/mol. The molecule has 0 aliphatic heterocycles. The van der Waals surface area contributed by atoms with Crippen molar-refractivity contribution in [2.24, 2.45) is 0 Å². The van der Waals surface area contributed by atoms with E-state index in [2.05, 4.69) is 21.7 Å². The van der Waals surface area contributed by atoms with Gasteiger partial charge in [-0.15, -0.1) is 11.3 Å². The molecular formula is C14H14N4OS. The van der Waals surface area contributed by atoms with Crippen LogP contribution in [0.4, 0.5) is 9.80 Å². The number of aromatic nitrogens is 1. The van der Waals surface area contributed by atoms with Crippen LogP contribution in [0.3, 0.4) is 0 Å². The van der Waals surface area contributed by atoms with Crippen molar-refractivity contribution in [3.8, 4) is 6.07 Å². The summed E-state index contributed by atoms with van der Waals surface area (Å²) in [4.78, 5) is 16.8. The normalized spacial score (nSPS) is 9.85. The van der Waals surface area contributed by atoms with Gasteiger partial charge >= 0.3 is 6.03 Å². The maximum Gasteiger partial charge on any atom is 0.320 e. The van der Waals surface area contributed by atoms with E-state index in [1.165, 1.54) is 11.3 Å². The maximum atomic E-state index is 11.8. The van der Waals surface area contributed by atoms with Crippen LogP contribution in [0.2, 0.25) is 0 Å². The molecule has 0 aliphatic rings. The fourth-order valence-corrected chi connectivity index (χ4v) is 2.69. The summed E-state index contributed by atoms with van der Waals surface area (Å²) < 4.78 is 0. The maximum absolute atomic E-state index is 11.8. The Morgan fingerprint density at radius 1 is 1.50 bits per heavy atom. The van der Waals surface area contributed by atoms with Crippen molar-refractivity contribution >= 4 is 22.4 Å². The van der Waals surface area contributed by atoms with Crippen LogP contribution >= 0.6 is 11.3 Å². The first-order valence-electron chi connectivity index (χ1n) is 6.05. The van der Waals surface area contributed by atoms with Gasteiger partial charge in [0.25, 0.3) is 0 Å². The lowest BCUT2D eigenvalue weighted by Crippen LogP contribution is -2.28. The second kappa shape index (κ2) is 6.17. The molecule has 0 radical (unpaired) electrons. The minimum atomic E-state index is -0.327. The number of nitriles is 1. The molecule has 0 aliphatic carbocycles. The number of rotatable bonds is 3. The van der Waals surface area contributed by atoms with Gasteiger partial charge in [0.1, 0.15) is 11.1 Å². The molecule has 2 amide bonds. The summed E-state index contributed by atoms with van der Waals surface area (Å²) in [7, 11) is 0. The summed E-state index contributed by atoms with van der Waals surface area (Å²) >= 11 is 1.41. The number of thiophene rings is 1. The molecule has 0 aromatic carbocycles. The number of pyridine rings is 1. The lowest BCUT2D eigenvalue weighted by molar-refractivity contribution is 0.252. The summed E-state index contributed by atoms with van der Waals surface area (Å²) in [6, 6.07) is 5.49. The Bertz CT molecular complexity index is 658. The lowest BCUT2D eigenvalue weighted by Gasteiger charge is -2.06. The minimum absolute atomic E-state index is 0.327. The van der Waals surface area contributed by atoms with Crippen molar-refractivity contribution in [2.75, 3.05) is 5.32 Å². The topological polar surface area (TPSA) is 77.8 Å². The number of hydrogen-bond acceptors (Lipinski definition) is 4. The molecule has 20 heavy (non-hydrogen) atoms. The van der Waals surface area contributed by atoms with Gasteiger partial charge in [-0.25, -0.2) is 4.79 Å². The van der Waals surface area contributed by atoms with Crippen LogP contribution < -0.4 is 10.6 Å². The zero-order chi connectivity index (χ0) is 14.5. The molecule has 2 rings (SSSR count). The van der Waals surface area contributed by atoms with Crippen LogP contribution in [0, 0.1) is 25.2 Å². The Hall–Kier alpha value is -2.39. The van der Waals surface area contributed by atoms with Gasteiger partial charge in [-0.2, -0.15) is 5.26 Å². The van der Waals surface area contributed by atoms with E-state index in [0.717, 1.165) is 16.0 Å². The molecular weight excluding hydrogens is 272 g/mol. The Labute approximate surface area is 121 Å². The molecule has 2 heterocycles. The van der Waals surface area contributed by atoms with E-state index < -0.39 is 0 Å². The van der Waals surface area contributed by atoms with Crippen molar-refractivity contribution in [2.45, 2.75) is 20.4 Å². The van der Waals surface area contributed by atoms with Gasteiger partial charge in [0.05, 0.1) is 5.56 Å². The minimum Gasteiger partial charge on any atom is -0.334 e. The van der Waals surface area contributed by atoms with E-state index in [4.69, 9.17) is 5.26 Å². The number of anilines is 1. The van der Waals surface area contributed by atoms with Gasteiger partial charge in [-0.3, -0.25) is 10.3 Å². The Balaban J connectivity index is 1.99. The number of nitrogens with one attached hydrogen (secondary N) is 2. The van der Waals surface area contributed by atoms with Crippen LogP contribution in [0.15, 0.2) is 24.5 Å². The number of urea groups is 1. The van der Waals surface area contributed by atoms with Crippen LogP contribution in [0.25, 0.3) is 0 Å². The highest BCUT2D eigenvalue weighted by molar-refractivity contribution is 7.16. The van der Waals surface area contributed by atoms with E-state index in [1.54, 1.807) is 12.4 Å². The molecule has 0 atom stereocenters. The lowest BCUT2D eigenvalue weighted by atomic mass is 10.2. The SMILES string of the molecule is Cc1sc(NC(=O)NCc2cccnc2)c(C#N)c1C. The second-order valence-electron chi connectivity index (χ2n) is 4.27. The van der Waals surface area contributed by atoms with Gasteiger partial charge in [0.2, 0.25) is 0 Å². The Morgan fingerprint density at radius 2 is 2.30 bits per heavy atom. The van der Waals surface area contributed by atoms with Crippen LogP contribution in [0.5, 0.6) is 0 Å². The smallest absolute Gasteiger partial charge is 0.320 e. The molecule has 0 fully saturated rings. The number of nitrogens with zero attached hydrogens (tertiary/aromatic N) is 2. The molecule has 0 unspecified atom stereocenters. The van der Waals surface area contributed by atoms with E-state index >= 15 is 0 Å². The first-order chi connectivity index (χ1) is 9.61. The summed E-state index contributed by atoms with van der Waals surface area (Å²) in [5, 5.41) is 15.2. The quantitative estimate of drug-likeness (QED) is 0.910. The first kappa shape index (κ1) is 14.0. The molecule has 102 valence electrons. The number of hydrogen-bond donors (Lipinski definition) is 2. The molecule has 2 aromatic rings. The molecule has 0 spiro atoms. The zero-order valence-corrected chi connectivity index (χ0v) is 12.0. The third-order valence-electron chi connectivity index (χ3n) is 2.90. The molecule has 6 heteroatoms. The van der Waals surface area contributed by atoms with Crippen molar-refractivity contribution in [3.63, 3.8) is 0 Å². The van der Waals surface area contributed by atoms with Gasteiger partial charge in [0, 0.05) is 23.8 Å². The molecule has 0 bridgehead atoms. The summed E-state index contributed by atoms with van der Waals surface area (Å²) in [5.41, 5.74) is 2.37. The first-order valence-corrected chi connectivity index (χ1v) is 6.87.